The van der Waals surface area contributed by atoms with Crippen LogP contribution in [0.3, 0.4) is 0 Å². The Morgan fingerprint density at radius 2 is 1.86 bits per heavy atom. The fourth-order valence-electron chi connectivity index (χ4n) is 2.98. The molecule has 112 valence electrons. The second kappa shape index (κ2) is 6.15. The molecule has 0 aliphatic heterocycles. The van der Waals surface area contributed by atoms with Gasteiger partial charge in [0.15, 0.2) is 0 Å². The number of benzene rings is 2. The van der Waals surface area contributed by atoms with Crippen LogP contribution >= 0.6 is 11.9 Å². The Kier molecular flexibility index (Phi) is 3.87. The molecular weight excluding hydrogens is 290 g/mol. The third kappa shape index (κ3) is 2.89. The first-order chi connectivity index (χ1) is 10.9. The van der Waals surface area contributed by atoms with Crippen LogP contribution in [0.4, 0.5) is 0 Å². The van der Waals surface area contributed by atoms with Gasteiger partial charge in [0.05, 0.1) is 11.0 Å². The summed E-state index contributed by atoms with van der Waals surface area (Å²) in [6.07, 6.45) is 5.32. The van der Waals surface area contributed by atoms with Crippen LogP contribution in [0.1, 0.15) is 25.7 Å². The standard InChI is InChI=1S/C18H19N3S/c1-2-6-13(7-3-1)18-19-16-11-10-15(12-17(16)20-18)22-21-14-8-4-5-9-14/h1-3,6-7,10-12,14,21H,4-5,8-9H2,(H,19,20). The number of hydrogen-bond acceptors (Lipinski definition) is 3. The monoisotopic (exact) mass is 309 g/mol. The van der Waals surface area contributed by atoms with E-state index in [1.165, 1.54) is 30.6 Å². The lowest BCUT2D eigenvalue weighted by atomic mass is 10.2. The van der Waals surface area contributed by atoms with E-state index >= 15 is 0 Å². The summed E-state index contributed by atoms with van der Waals surface area (Å²) in [5.41, 5.74) is 3.23. The SMILES string of the molecule is c1ccc(-c2nc3ccc(SNC4CCCC4)cc3[nH]2)cc1. The Hall–Kier alpha value is -1.78. The van der Waals surface area contributed by atoms with Crippen molar-refractivity contribution in [3.63, 3.8) is 0 Å². The molecule has 0 spiro atoms. The van der Waals surface area contributed by atoms with E-state index < -0.39 is 0 Å². The van der Waals surface area contributed by atoms with E-state index in [1.807, 2.05) is 18.2 Å². The smallest absolute Gasteiger partial charge is 0.138 e. The van der Waals surface area contributed by atoms with Gasteiger partial charge in [-0.1, -0.05) is 43.2 Å². The average Bonchev–Trinajstić information content (AvgIpc) is 3.22. The molecule has 2 aromatic carbocycles. The van der Waals surface area contributed by atoms with E-state index in [0.717, 1.165) is 22.4 Å². The van der Waals surface area contributed by atoms with Crippen molar-refractivity contribution in [1.82, 2.24) is 14.7 Å². The number of fused-ring (bicyclic) bond motifs is 1. The number of aromatic nitrogens is 2. The lowest BCUT2D eigenvalue weighted by molar-refractivity contribution is 0.657. The maximum absolute atomic E-state index is 4.68. The maximum Gasteiger partial charge on any atom is 0.138 e. The number of nitrogens with zero attached hydrogens (tertiary/aromatic N) is 1. The van der Waals surface area contributed by atoms with Crippen molar-refractivity contribution in [2.24, 2.45) is 0 Å². The summed E-state index contributed by atoms with van der Waals surface area (Å²) < 4.78 is 3.58. The van der Waals surface area contributed by atoms with Crippen LogP contribution in [0.5, 0.6) is 0 Å². The highest BCUT2D eigenvalue weighted by Crippen LogP contribution is 2.26. The highest BCUT2D eigenvalue weighted by Gasteiger charge is 2.14. The summed E-state index contributed by atoms with van der Waals surface area (Å²) in [5.74, 6) is 0.932. The molecule has 0 bridgehead atoms. The molecule has 1 aromatic heterocycles. The van der Waals surface area contributed by atoms with E-state index in [0.29, 0.717) is 6.04 Å². The van der Waals surface area contributed by atoms with Crippen LogP contribution in [0.25, 0.3) is 22.4 Å². The number of nitrogens with one attached hydrogen (secondary N) is 2. The fourth-order valence-corrected chi connectivity index (χ4v) is 3.83. The number of rotatable bonds is 4. The molecule has 22 heavy (non-hydrogen) atoms. The van der Waals surface area contributed by atoms with Crippen molar-refractivity contribution >= 4 is 23.0 Å². The number of aromatic amines is 1. The molecule has 1 aliphatic carbocycles. The molecule has 0 saturated heterocycles. The third-order valence-corrected chi connectivity index (χ3v) is 5.14. The molecule has 1 heterocycles. The van der Waals surface area contributed by atoms with E-state index in [9.17, 15) is 0 Å². The molecular formula is C18H19N3S. The number of hydrogen-bond donors (Lipinski definition) is 2. The number of H-pyrrole nitrogens is 1. The lowest BCUT2D eigenvalue weighted by Gasteiger charge is -2.10. The normalized spacial score (nSPS) is 15.6. The van der Waals surface area contributed by atoms with Crippen LogP contribution in [-0.2, 0) is 0 Å². The van der Waals surface area contributed by atoms with Gasteiger partial charge in [-0.15, -0.1) is 0 Å². The van der Waals surface area contributed by atoms with Gasteiger partial charge in [-0.3, -0.25) is 4.72 Å². The second-order valence-electron chi connectivity index (χ2n) is 5.83. The van der Waals surface area contributed by atoms with Gasteiger partial charge in [-0.2, -0.15) is 0 Å². The largest absolute Gasteiger partial charge is 0.338 e. The minimum absolute atomic E-state index is 0.669. The molecule has 4 rings (SSSR count). The van der Waals surface area contributed by atoms with E-state index in [4.69, 9.17) is 0 Å². The minimum Gasteiger partial charge on any atom is -0.338 e. The van der Waals surface area contributed by atoms with Crippen LogP contribution < -0.4 is 4.72 Å². The van der Waals surface area contributed by atoms with Crippen molar-refractivity contribution in [2.45, 2.75) is 36.6 Å². The van der Waals surface area contributed by atoms with Crippen molar-refractivity contribution in [3.8, 4) is 11.4 Å². The van der Waals surface area contributed by atoms with Gasteiger partial charge in [0, 0.05) is 16.5 Å². The Balaban J connectivity index is 1.55. The Labute approximate surface area is 134 Å². The molecule has 1 saturated carbocycles. The van der Waals surface area contributed by atoms with Gasteiger partial charge in [0.1, 0.15) is 5.82 Å². The Bertz CT molecular complexity index is 760. The zero-order valence-corrected chi connectivity index (χ0v) is 13.2. The van der Waals surface area contributed by atoms with Gasteiger partial charge in [0.25, 0.3) is 0 Å². The minimum atomic E-state index is 0.669. The fraction of sp³-hybridized carbons (Fsp3) is 0.278. The molecule has 1 fully saturated rings. The first-order valence-corrected chi connectivity index (χ1v) is 8.68. The third-order valence-electron chi connectivity index (χ3n) is 4.20. The van der Waals surface area contributed by atoms with Crippen LogP contribution in [0, 0.1) is 0 Å². The van der Waals surface area contributed by atoms with Crippen LogP contribution in [-0.4, -0.2) is 16.0 Å². The quantitative estimate of drug-likeness (QED) is 0.682. The average molecular weight is 309 g/mol. The molecule has 3 aromatic rings. The first-order valence-electron chi connectivity index (χ1n) is 7.86. The molecule has 4 heteroatoms. The topological polar surface area (TPSA) is 40.7 Å². The van der Waals surface area contributed by atoms with E-state index in [1.54, 1.807) is 11.9 Å². The summed E-state index contributed by atoms with van der Waals surface area (Å²) in [4.78, 5) is 9.34. The molecule has 3 nitrogen and oxygen atoms in total. The Morgan fingerprint density at radius 1 is 1.05 bits per heavy atom. The molecule has 2 N–H and O–H groups in total. The number of imidazole rings is 1. The van der Waals surface area contributed by atoms with Gasteiger partial charge >= 0.3 is 0 Å². The first kappa shape index (κ1) is 13.9. The molecule has 0 amide bonds. The van der Waals surface area contributed by atoms with Gasteiger partial charge in [-0.05, 0) is 43.0 Å². The Morgan fingerprint density at radius 3 is 2.68 bits per heavy atom. The highest BCUT2D eigenvalue weighted by atomic mass is 32.2. The predicted molar refractivity (Wildman–Crippen MR) is 92.8 cm³/mol. The maximum atomic E-state index is 4.68. The summed E-state index contributed by atoms with van der Waals surface area (Å²) in [6, 6.07) is 17.3. The lowest BCUT2D eigenvalue weighted by Crippen LogP contribution is -2.18. The van der Waals surface area contributed by atoms with Gasteiger partial charge in [-0.25, -0.2) is 4.98 Å². The van der Waals surface area contributed by atoms with Crippen LogP contribution in [0.15, 0.2) is 53.4 Å². The second-order valence-corrected chi connectivity index (χ2v) is 6.74. The van der Waals surface area contributed by atoms with E-state index in [-0.39, 0.29) is 0 Å². The molecule has 0 radical (unpaired) electrons. The molecule has 0 unspecified atom stereocenters. The van der Waals surface area contributed by atoms with Crippen LogP contribution in [0.2, 0.25) is 0 Å². The van der Waals surface area contributed by atoms with Crippen molar-refractivity contribution in [1.29, 1.82) is 0 Å². The van der Waals surface area contributed by atoms with Crippen molar-refractivity contribution in [3.05, 3.63) is 48.5 Å². The summed E-state index contributed by atoms with van der Waals surface area (Å²) >= 11 is 1.74. The van der Waals surface area contributed by atoms with Crippen molar-refractivity contribution < 1.29 is 0 Å². The highest BCUT2D eigenvalue weighted by molar-refractivity contribution is 7.97. The van der Waals surface area contributed by atoms with Crippen molar-refractivity contribution in [2.75, 3.05) is 0 Å². The molecule has 0 atom stereocenters. The van der Waals surface area contributed by atoms with Gasteiger partial charge in [0.2, 0.25) is 0 Å². The molecule has 1 aliphatic rings. The summed E-state index contributed by atoms with van der Waals surface area (Å²) in [7, 11) is 0. The summed E-state index contributed by atoms with van der Waals surface area (Å²) in [5, 5.41) is 0. The zero-order chi connectivity index (χ0) is 14.8. The predicted octanol–water partition coefficient (Wildman–Crippen LogP) is 4.77. The zero-order valence-electron chi connectivity index (χ0n) is 12.4. The van der Waals surface area contributed by atoms with E-state index in [2.05, 4.69) is 45.0 Å². The van der Waals surface area contributed by atoms with Gasteiger partial charge < -0.3 is 4.98 Å². The summed E-state index contributed by atoms with van der Waals surface area (Å²) in [6.45, 7) is 0.